The highest BCUT2D eigenvalue weighted by Gasteiger charge is 1.99. The van der Waals surface area contributed by atoms with Gasteiger partial charge in [-0.05, 0) is 19.1 Å². The molecule has 0 spiro atoms. The Morgan fingerprint density at radius 2 is 2.09 bits per heavy atom. The topological polar surface area (TPSA) is 46.2 Å². The molecule has 0 aromatic heterocycles. The van der Waals surface area contributed by atoms with Crippen LogP contribution in [0.5, 0.6) is 5.75 Å². The van der Waals surface area contributed by atoms with Crippen molar-refractivity contribution in [3.8, 4) is 5.75 Å². The Kier molecular flexibility index (Phi) is 2.16. The second-order valence-corrected chi connectivity index (χ2v) is 2.26. The van der Waals surface area contributed by atoms with Crippen LogP contribution in [-0.2, 0) is 0 Å². The molecular formula is C9H11NO. The first-order valence-corrected chi connectivity index (χ1v) is 3.46. The van der Waals surface area contributed by atoms with E-state index in [9.17, 15) is 5.11 Å². The van der Waals surface area contributed by atoms with Gasteiger partial charge in [-0.25, -0.2) is 0 Å². The van der Waals surface area contributed by atoms with Crippen molar-refractivity contribution >= 4 is 5.70 Å². The molecule has 0 saturated carbocycles. The van der Waals surface area contributed by atoms with Gasteiger partial charge in [0.15, 0.2) is 0 Å². The lowest BCUT2D eigenvalue weighted by atomic mass is 10.1. The fraction of sp³-hybridized carbons (Fsp3) is 0.111. The first-order chi connectivity index (χ1) is 5.25. The second kappa shape index (κ2) is 3.10. The predicted octanol–water partition coefficient (Wildman–Crippen LogP) is 1.71. The molecule has 2 nitrogen and oxygen atoms in total. The number of hydrogen-bond donors (Lipinski definition) is 2. The molecule has 0 aliphatic carbocycles. The molecule has 1 aromatic rings. The zero-order chi connectivity index (χ0) is 8.27. The van der Waals surface area contributed by atoms with Crippen molar-refractivity contribution in [2.24, 2.45) is 5.73 Å². The van der Waals surface area contributed by atoms with Crippen LogP contribution in [0.2, 0.25) is 0 Å². The summed E-state index contributed by atoms with van der Waals surface area (Å²) in [5.41, 5.74) is 6.89. The van der Waals surface area contributed by atoms with Gasteiger partial charge in [0, 0.05) is 11.3 Å². The summed E-state index contributed by atoms with van der Waals surface area (Å²) in [6, 6.07) is 7.00. The van der Waals surface area contributed by atoms with Crippen LogP contribution in [-0.4, -0.2) is 5.11 Å². The standard InChI is InChI=1S/C9H11NO/c1-2-8(10)7-5-3-4-6-9(7)11/h2-6,11H,10H2,1H3/b8-2-. The molecule has 0 bridgehead atoms. The Bertz CT molecular complexity index is 279. The molecule has 0 unspecified atom stereocenters. The molecule has 0 fully saturated rings. The fourth-order valence-electron chi connectivity index (χ4n) is 0.873. The van der Waals surface area contributed by atoms with Crippen molar-refractivity contribution in [1.29, 1.82) is 0 Å². The molecular weight excluding hydrogens is 138 g/mol. The van der Waals surface area contributed by atoms with Gasteiger partial charge in [-0.1, -0.05) is 18.2 Å². The highest BCUT2D eigenvalue weighted by Crippen LogP contribution is 2.20. The molecule has 2 heteroatoms. The summed E-state index contributed by atoms with van der Waals surface area (Å²) in [6.07, 6.45) is 1.76. The van der Waals surface area contributed by atoms with Crippen molar-refractivity contribution in [2.45, 2.75) is 6.92 Å². The van der Waals surface area contributed by atoms with E-state index >= 15 is 0 Å². The van der Waals surface area contributed by atoms with Gasteiger partial charge in [-0.2, -0.15) is 0 Å². The zero-order valence-corrected chi connectivity index (χ0v) is 6.41. The molecule has 11 heavy (non-hydrogen) atoms. The van der Waals surface area contributed by atoms with Crippen LogP contribution < -0.4 is 5.73 Å². The van der Waals surface area contributed by atoms with Crippen molar-refractivity contribution in [3.05, 3.63) is 35.9 Å². The highest BCUT2D eigenvalue weighted by molar-refractivity contribution is 5.67. The van der Waals surface area contributed by atoms with Crippen LogP contribution >= 0.6 is 0 Å². The maximum Gasteiger partial charge on any atom is 0.124 e. The molecule has 0 radical (unpaired) electrons. The lowest BCUT2D eigenvalue weighted by molar-refractivity contribution is 0.473. The monoisotopic (exact) mass is 149 g/mol. The van der Waals surface area contributed by atoms with Gasteiger partial charge in [0.2, 0.25) is 0 Å². The van der Waals surface area contributed by atoms with E-state index in [4.69, 9.17) is 5.73 Å². The Hall–Kier alpha value is -1.44. The largest absolute Gasteiger partial charge is 0.507 e. The summed E-state index contributed by atoms with van der Waals surface area (Å²) >= 11 is 0. The molecule has 0 aliphatic heterocycles. The molecule has 0 heterocycles. The first-order valence-electron chi connectivity index (χ1n) is 3.46. The smallest absolute Gasteiger partial charge is 0.124 e. The zero-order valence-electron chi connectivity index (χ0n) is 6.41. The Morgan fingerprint density at radius 3 is 2.64 bits per heavy atom. The average molecular weight is 149 g/mol. The van der Waals surface area contributed by atoms with Crippen molar-refractivity contribution in [3.63, 3.8) is 0 Å². The van der Waals surface area contributed by atoms with Gasteiger partial charge < -0.3 is 10.8 Å². The van der Waals surface area contributed by atoms with E-state index in [1.807, 2.05) is 13.0 Å². The lowest BCUT2D eigenvalue weighted by Crippen LogP contribution is -1.95. The molecule has 0 aliphatic rings. The van der Waals surface area contributed by atoms with Crippen LogP contribution in [0.4, 0.5) is 0 Å². The molecule has 0 atom stereocenters. The lowest BCUT2D eigenvalue weighted by Gasteiger charge is -2.02. The molecule has 1 aromatic carbocycles. The van der Waals surface area contributed by atoms with E-state index in [0.717, 1.165) is 0 Å². The van der Waals surface area contributed by atoms with Gasteiger partial charge in [-0.15, -0.1) is 0 Å². The van der Waals surface area contributed by atoms with E-state index in [0.29, 0.717) is 11.3 Å². The predicted molar refractivity (Wildman–Crippen MR) is 45.9 cm³/mol. The highest BCUT2D eigenvalue weighted by atomic mass is 16.3. The first kappa shape index (κ1) is 7.66. The summed E-state index contributed by atoms with van der Waals surface area (Å²) in [5.74, 6) is 0.225. The average Bonchev–Trinajstić information content (AvgIpc) is 2.04. The van der Waals surface area contributed by atoms with Crippen LogP contribution in [0.25, 0.3) is 5.70 Å². The van der Waals surface area contributed by atoms with Crippen LogP contribution in [0.1, 0.15) is 12.5 Å². The number of hydrogen-bond acceptors (Lipinski definition) is 2. The number of rotatable bonds is 1. The SMILES string of the molecule is C/C=C(\N)c1ccccc1O. The Labute approximate surface area is 66.0 Å². The minimum atomic E-state index is 0.225. The van der Waals surface area contributed by atoms with E-state index in [1.165, 1.54) is 0 Å². The van der Waals surface area contributed by atoms with Crippen molar-refractivity contribution in [2.75, 3.05) is 0 Å². The summed E-state index contributed by atoms with van der Waals surface area (Å²) in [4.78, 5) is 0. The molecule has 58 valence electrons. The van der Waals surface area contributed by atoms with Gasteiger partial charge in [-0.3, -0.25) is 0 Å². The normalized spacial score (nSPS) is 11.5. The number of phenols is 1. The molecule has 0 saturated heterocycles. The van der Waals surface area contributed by atoms with Gasteiger partial charge in [0.05, 0.1) is 0 Å². The number of aromatic hydroxyl groups is 1. The van der Waals surface area contributed by atoms with Gasteiger partial charge in [0.1, 0.15) is 5.75 Å². The number of nitrogens with two attached hydrogens (primary N) is 1. The van der Waals surface area contributed by atoms with E-state index in [2.05, 4.69) is 0 Å². The minimum absolute atomic E-state index is 0.225. The second-order valence-electron chi connectivity index (χ2n) is 2.26. The number of para-hydroxylation sites is 1. The third-order valence-electron chi connectivity index (χ3n) is 1.53. The van der Waals surface area contributed by atoms with Crippen LogP contribution in [0.3, 0.4) is 0 Å². The van der Waals surface area contributed by atoms with E-state index in [1.54, 1.807) is 24.3 Å². The summed E-state index contributed by atoms with van der Waals surface area (Å²) in [6.45, 7) is 1.84. The quantitative estimate of drug-likeness (QED) is 0.638. The van der Waals surface area contributed by atoms with Gasteiger partial charge >= 0.3 is 0 Å². The molecule has 3 N–H and O–H groups in total. The summed E-state index contributed by atoms with van der Waals surface area (Å²) in [5, 5.41) is 9.29. The van der Waals surface area contributed by atoms with Crippen LogP contribution in [0.15, 0.2) is 30.3 Å². The Morgan fingerprint density at radius 1 is 1.45 bits per heavy atom. The van der Waals surface area contributed by atoms with E-state index in [-0.39, 0.29) is 5.75 Å². The van der Waals surface area contributed by atoms with Gasteiger partial charge in [0.25, 0.3) is 0 Å². The van der Waals surface area contributed by atoms with Crippen molar-refractivity contribution < 1.29 is 5.11 Å². The molecule has 0 amide bonds. The Balaban J connectivity index is 3.14. The fourth-order valence-corrected chi connectivity index (χ4v) is 0.873. The third kappa shape index (κ3) is 1.52. The number of benzene rings is 1. The number of allylic oxidation sites excluding steroid dienone is 1. The summed E-state index contributed by atoms with van der Waals surface area (Å²) in [7, 11) is 0. The maximum absolute atomic E-state index is 9.29. The summed E-state index contributed by atoms with van der Waals surface area (Å²) < 4.78 is 0. The minimum Gasteiger partial charge on any atom is -0.507 e. The molecule has 1 rings (SSSR count). The van der Waals surface area contributed by atoms with E-state index < -0.39 is 0 Å². The van der Waals surface area contributed by atoms with Crippen LogP contribution in [0, 0.1) is 0 Å². The number of phenolic OH excluding ortho intramolecular Hbond substituents is 1. The maximum atomic E-state index is 9.29. The third-order valence-corrected chi connectivity index (χ3v) is 1.53. The van der Waals surface area contributed by atoms with Crippen molar-refractivity contribution in [1.82, 2.24) is 0 Å².